The zero-order valence-corrected chi connectivity index (χ0v) is 21.1. The second-order valence-electron chi connectivity index (χ2n) is 11.3. The van der Waals surface area contributed by atoms with Crippen molar-refractivity contribution in [3.05, 3.63) is 35.1 Å². The molecule has 0 bridgehead atoms. The first-order valence-electron chi connectivity index (χ1n) is 14.0. The van der Waals surface area contributed by atoms with E-state index in [0.717, 1.165) is 55.4 Å². The number of hydrogen-bond acceptors (Lipinski definition) is 0. The van der Waals surface area contributed by atoms with Crippen LogP contribution in [0.4, 0.5) is 13.2 Å². The second-order valence-corrected chi connectivity index (χ2v) is 11.3. The maximum atomic E-state index is 13.7. The number of alkyl halides is 2. The average Bonchev–Trinajstić information content (AvgIpc) is 2.84. The third kappa shape index (κ3) is 8.32. The summed E-state index contributed by atoms with van der Waals surface area (Å²) in [5.41, 5.74) is 1.90. The second kappa shape index (κ2) is 13.8. The SMILES string of the molecule is CCCC1CCC(CCF)CC1.Cc1ccc(C2CCC(C3CCC(F)CC3)CC2)cc1F. The predicted molar refractivity (Wildman–Crippen MR) is 134 cm³/mol. The summed E-state index contributed by atoms with van der Waals surface area (Å²) in [4.78, 5) is 0. The molecule has 0 unspecified atom stereocenters. The van der Waals surface area contributed by atoms with Crippen LogP contribution in [-0.2, 0) is 0 Å². The Bertz CT molecular complexity index is 649. The molecule has 0 saturated heterocycles. The van der Waals surface area contributed by atoms with Gasteiger partial charge in [-0.1, -0.05) is 57.6 Å². The Labute approximate surface area is 201 Å². The Morgan fingerprint density at radius 2 is 1.30 bits per heavy atom. The third-order valence-electron chi connectivity index (χ3n) is 8.99. The molecule has 0 heterocycles. The number of aryl methyl sites for hydroxylation is 1. The summed E-state index contributed by atoms with van der Waals surface area (Å²) >= 11 is 0. The van der Waals surface area contributed by atoms with Gasteiger partial charge in [0.1, 0.15) is 12.0 Å². The van der Waals surface area contributed by atoms with E-state index in [2.05, 4.69) is 13.0 Å². The van der Waals surface area contributed by atoms with E-state index in [-0.39, 0.29) is 12.5 Å². The van der Waals surface area contributed by atoms with Crippen LogP contribution < -0.4 is 0 Å². The molecule has 1 aromatic rings. The maximum absolute atomic E-state index is 13.7. The highest BCUT2D eigenvalue weighted by Crippen LogP contribution is 2.43. The van der Waals surface area contributed by atoms with E-state index in [9.17, 15) is 13.2 Å². The van der Waals surface area contributed by atoms with E-state index in [0.29, 0.717) is 11.8 Å². The van der Waals surface area contributed by atoms with Crippen LogP contribution in [0, 0.1) is 36.4 Å². The molecule has 3 fully saturated rings. The molecule has 3 saturated carbocycles. The van der Waals surface area contributed by atoms with Gasteiger partial charge >= 0.3 is 0 Å². The van der Waals surface area contributed by atoms with Crippen LogP contribution in [0.15, 0.2) is 18.2 Å². The Hall–Kier alpha value is -0.990. The van der Waals surface area contributed by atoms with Crippen molar-refractivity contribution in [1.29, 1.82) is 0 Å². The van der Waals surface area contributed by atoms with Gasteiger partial charge in [-0.2, -0.15) is 0 Å². The fourth-order valence-corrected chi connectivity index (χ4v) is 6.71. The standard InChI is InChI=1S/C19H26F2.C11H21F/c1-13-2-3-17(12-19(13)21)16-6-4-14(5-7-16)15-8-10-18(20)11-9-15;1-2-3-10-4-6-11(7-5-10)8-9-12/h2-3,12,14-16,18H,4-11H2,1H3;10-11H,2-9H2,1H3. The van der Waals surface area contributed by atoms with Crippen LogP contribution in [-0.4, -0.2) is 12.8 Å². The third-order valence-corrected chi connectivity index (χ3v) is 8.99. The van der Waals surface area contributed by atoms with Crippen molar-refractivity contribution in [2.45, 2.75) is 122 Å². The summed E-state index contributed by atoms with van der Waals surface area (Å²) in [6, 6.07) is 5.73. The minimum absolute atomic E-state index is 0.0732. The zero-order valence-electron chi connectivity index (χ0n) is 21.1. The number of hydrogen-bond donors (Lipinski definition) is 0. The van der Waals surface area contributed by atoms with E-state index in [1.165, 1.54) is 69.8 Å². The van der Waals surface area contributed by atoms with Crippen molar-refractivity contribution in [2.75, 3.05) is 6.67 Å². The molecule has 0 aromatic heterocycles. The highest BCUT2D eigenvalue weighted by atomic mass is 19.1. The van der Waals surface area contributed by atoms with Crippen molar-refractivity contribution in [1.82, 2.24) is 0 Å². The summed E-state index contributed by atoms with van der Waals surface area (Å²) in [5, 5.41) is 0. The zero-order chi connectivity index (χ0) is 23.6. The molecule has 4 rings (SSSR count). The van der Waals surface area contributed by atoms with Crippen molar-refractivity contribution in [3.8, 4) is 0 Å². The van der Waals surface area contributed by atoms with Gasteiger partial charge in [0.15, 0.2) is 0 Å². The van der Waals surface area contributed by atoms with E-state index in [1.807, 2.05) is 13.0 Å². The van der Waals surface area contributed by atoms with E-state index in [1.54, 1.807) is 6.07 Å². The lowest BCUT2D eigenvalue weighted by Gasteiger charge is -2.36. The Kier molecular flexibility index (Phi) is 11.1. The van der Waals surface area contributed by atoms with Gasteiger partial charge in [0.05, 0.1) is 6.67 Å². The molecule has 0 amide bonds. The summed E-state index contributed by atoms with van der Waals surface area (Å²) in [6.45, 7) is 3.97. The van der Waals surface area contributed by atoms with Crippen LogP contribution in [0.1, 0.15) is 120 Å². The molecule has 3 aliphatic rings. The van der Waals surface area contributed by atoms with Crippen LogP contribution in [0.3, 0.4) is 0 Å². The van der Waals surface area contributed by atoms with Gasteiger partial charge in [0.2, 0.25) is 0 Å². The first-order chi connectivity index (χ1) is 16.0. The molecule has 3 heteroatoms. The van der Waals surface area contributed by atoms with Crippen LogP contribution in [0.25, 0.3) is 0 Å². The topological polar surface area (TPSA) is 0 Å². The summed E-state index contributed by atoms with van der Waals surface area (Å²) in [7, 11) is 0. The maximum Gasteiger partial charge on any atom is 0.126 e. The van der Waals surface area contributed by atoms with Crippen LogP contribution in [0.5, 0.6) is 0 Å². The summed E-state index contributed by atoms with van der Waals surface area (Å²) in [6.07, 6.45) is 16.8. The Morgan fingerprint density at radius 1 is 0.758 bits per heavy atom. The van der Waals surface area contributed by atoms with Gasteiger partial charge in [0.25, 0.3) is 0 Å². The van der Waals surface area contributed by atoms with Gasteiger partial charge in [-0.3, -0.25) is 4.39 Å². The molecule has 3 aliphatic carbocycles. The fraction of sp³-hybridized carbons (Fsp3) is 0.800. The first-order valence-corrected chi connectivity index (χ1v) is 14.0. The monoisotopic (exact) mass is 464 g/mol. The molecular weight excluding hydrogens is 417 g/mol. The molecule has 0 spiro atoms. The van der Waals surface area contributed by atoms with Gasteiger partial charge < -0.3 is 0 Å². The van der Waals surface area contributed by atoms with Crippen molar-refractivity contribution >= 4 is 0 Å². The normalized spacial score (nSPS) is 32.6. The van der Waals surface area contributed by atoms with Gasteiger partial charge in [-0.15, -0.1) is 0 Å². The van der Waals surface area contributed by atoms with E-state index < -0.39 is 6.17 Å². The Morgan fingerprint density at radius 3 is 1.82 bits per heavy atom. The largest absolute Gasteiger partial charge is 0.251 e. The Balaban J connectivity index is 0.000000218. The van der Waals surface area contributed by atoms with E-state index >= 15 is 0 Å². The number of halogens is 3. The van der Waals surface area contributed by atoms with E-state index in [4.69, 9.17) is 0 Å². The minimum Gasteiger partial charge on any atom is -0.251 e. The van der Waals surface area contributed by atoms with Gasteiger partial charge in [0, 0.05) is 0 Å². The summed E-state index contributed by atoms with van der Waals surface area (Å²) in [5.74, 6) is 3.65. The number of benzene rings is 1. The molecule has 0 aliphatic heterocycles. The summed E-state index contributed by atoms with van der Waals surface area (Å²) < 4.78 is 39.0. The van der Waals surface area contributed by atoms with Crippen molar-refractivity contribution in [3.63, 3.8) is 0 Å². The van der Waals surface area contributed by atoms with Crippen molar-refractivity contribution in [2.24, 2.45) is 23.7 Å². The van der Waals surface area contributed by atoms with Crippen LogP contribution >= 0.6 is 0 Å². The molecule has 0 atom stereocenters. The minimum atomic E-state index is -0.548. The molecule has 33 heavy (non-hydrogen) atoms. The van der Waals surface area contributed by atoms with Crippen molar-refractivity contribution < 1.29 is 13.2 Å². The van der Waals surface area contributed by atoms with Crippen LogP contribution in [0.2, 0.25) is 0 Å². The quantitative estimate of drug-likeness (QED) is 0.393. The predicted octanol–water partition coefficient (Wildman–Crippen LogP) is 9.89. The first kappa shape index (κ1) is 26.6. The highest BCUT2D eigenvalue weighted by molar-refractivity contribution is 5.26. The fourth-order valence-electron chi connectivity index (χ4n) is 6.71. The average molecular weight is 465 g/mol. The lowest BCUT2D eigenvalue weighted by atomic mass is 9.69. The van der Waals surface area contributed by atoms with Gasteiger partial charge in [-0.05, 0) is 111 Å². The molecule has 0 radical (unpaired) electrons. The molecular formula is C30H47F3. The lowest BCUT2D eigenvalue weighted by Crippen LogP contribution is -2.25. The highest BCUT2D eigenvalue weighted by Gasteiger charge is 2.31. The molecule has 1 aromatic carbocycles. The number of rotatable bonds is 6. The van der Waals surface area contributed by atoms with Gasteiger partial charge in [-0.25, -0.2) is 8.78 Å². The molecule has 0 N–H and O–H groups in total. The molecule has 188 valence electrons. The smallest absolute Gasteiger partial charge is 0.126 e. The molecule has 0 nitrogen and oxygen atoms in total. The lowest BCUT2D eigenvalue weighted by molar-refractivity contribution is 0.138.